The number of ether oxygens (including phenoxy) is 1. The maximum Gasteiger partial charge on any atom is 0.261 e. The van der Waals surface area contributed by atoms with Crippen molar-refractivity contribution in [3.8, 4) is 0 Å². The van der Waals surface area contributed by atoms with Gasteiger partial charge in [-0.1, -0.05) is 25.3 Å². The lowest BCUT2D eigenvalue weighted by Crippen LogP contribution is -2.26. The third kappa shape index (κ3) is 4.10. The maximum absolute atomic E-state index is 12.6. The largest absolute Gasteiger partial charge is 0.382 e. The van der Waals surface area contributed by atoms with E-state index >= 15 is 0 Å². The Morgan fingerprint density at radius 1 is 1.24 bits per heavy atom. The Bertz CT molecular complexity index is 791. The topological polar surface area (TPSA) is 60.3 Å². The first-order chi connectivity index (χ1) is 12.2. The lowest BCUT2D eigenvalue weighted by atomic mass is 9.95. The molecule has 1 aromatic carbocycles. The number of hydrogen-bond acceptors (Lipinski definition) is 4. The van der Waals surface area contributed by atoms with E-state index in [1.165, 1.54) is 32.1 Å². The molecule has 1 fully saturated rings. The zero-order valence-electron chi connectivity index (χ0n) is 14.8. The molecular weight excluding hydrogens is 316 g/mol. The zero-order valence-corrected chi connectivity index (χ0v) is 14.8. The molecule has 1 saturated carbocycles. The Hall–Kier alpha value is -2.14. The quantitative estimate of drug-likeness (QED) is 0.617. The Balaban J connectivity index is 1.96. The van der Waals surface area contributed by atoms with Crippen LogP contribution < -0.4 is 10.9 Å². The molecule has 3 rings (SSSR count). The van der Waals surface area contributed by atoms with Crippen molar-refractivity contribution >= 4 is 22.9 Å². The highest BCUT2D eigenvalue weighted by atomic mass is 16.5. The standard InChI is InChI=1S/C20H26N2O3/c1-2-25-11-10-22-19-13-18(21-17-6-4-3-5-7-17)9-8-15(19)12-16(14-23)20(22)24/h8-9,12-14,17,21H,2-7,10-11H2,1H3. The number of anilines is 1. The van der Waals surface area contributed by atoms with E-state index in [4.69, 9.17) is 4.74 Å². The highest BCUT2D eigenvalue weighted by Gasteiger charge is 2.14. The summed E-state index contributed by atoms with van der Waals surface area (Å²) in [5.74, 6) is 0. The van der Waals surface area contributed by atoms with E-state index in [1.54, 1.807) is 10.6 Å². The van der Waals surface area contributed by atoms with E-state index in [9.17, 15) is 9.59 Å². The van der Waals surface area contributed by atoms with Gasteiger partial charge in [-0.3, -0.25) is 9.59 Å². The van der Waals surface area contributed by atoms with Gasteiger partial charge in [0.05, 0.1) is 17.7 Å². The van der Waals surface area contributed by atoms with E-state index in [0.29, 0.717) is 32.1 Å². The molecule has 0 saturated heterocycles. The summed E-state index contributed by atoms with van der Waals surface area (Å²) < 4.78 is 7.06. The van der Waals surface area contributed by atoms with Crippen LogP contribution in [-0.2, 0) is 11.3 Å². The van der Waals surface area contributed by atoms with Crippen molar-refractivity contribution in [1.29, 1.82) is 0 Å². The number of fused-ring (bicyclic) bond motifs is 1. The predicted octanol–water partition coefficient (Wildman–Crippen LogP) is 3.60. The Kier molecular flexibility index (Phi) is 5.87. The minimum atomic E-state index is -0.253. The molecule has 1 aliphatic rings. The number of hydrogen-bond donors (Lipinski definition) is 1. The molecule has 0 atom stereocenters. The van der Waals surface area contributed by atoms with E-state index in [1.807, 2.05) is 25.1 Å². The molecule has 1 heterocycles. The number of aldehydes is 1. The van der Waals surface area contributed by atoms with Crippen molar-refractivity contribution in [3.63, 3.8) is 0 Å². The number of aromatic nitrogens is 1. The fourth-order valence-corrected chi connectivity index (χ4v) is 3.57. The number of pyridine rings is 1. The summed E-state index contributed by atoms with van der Waals surface area (Å²) in [6, 6.07) is 8.20. The molecule has 134 valence electrons. The van der Waals surface area contributed by atoms with E-state index in [-0.39, 0.29) is 11.1 Å². The van der Waals surface area contributed by atoms with Gasteiger partial charge in [0.25, 0.3) is 5.56 Å². The summed E-state index contributed by atoms with van der Waals surface area (Å²) in [6.07, 6.45) is 6.88. The van der Waals surface area contributed by atoms with Gasteiger partial charge in [0.2, 0.25) is 0 Å². The van der Waals surface area contributed by atoms with Crippen LogP contribution in [0.5, 0.6) is 0 Å². The summed E-state index contributed by atoms with van der Waals surface area (Å²) >= 11 is 0. The van der Waals surface area contributed by atoms with Crippen molar-refractivity contribution in [2.75, 3.05) is 18.5 Å². The highest BCUT2D eigenvalue weighted by molar-refractivity contribution is 5.88. The zero-order chi connectivity index (χ0) is 17.6. The van der Waals surface area contributed by atoms with Crippen LogP contribution in [0.3, 0.4) is 0 Å². The number of carbonyl (C=O) groups excluding carboxylic acids is 1. The smallest absolute Gasteiger partial charge is 0.261 e. The summed E-state index contributed by atoms with van der Waals surface area (Å²) in [5.41, 5.74) is 1.81. The minimum Gasteiger partial charge on any atom is -0.382 e. The predicted molar refractivity (Wildman–Crippen MR) is 101 cm³/mol. The van der Waals surface area contributed by atoms with Gasteiger partial charge in [-0.05, 0) is 43.4 Å². The van der Waals surface area contributed by atoms with Gasteiger partial charge in [0, 0.05) is 24.9 Å². The van der Waals surface area contributed by atoms with Crippen molar-refractivity contribution in [1.82, 2.24) is 4.57 Å². The average Bonchev–Trinajstić information content (AvgIpc) is 2.64. The van der Waals surface area contributed by atoms with Crippen molar-refractivity contribution in [2.24, 2.45) is 0 Å². The van der Waals surface area contributed by atoms with E-state index in [0.717, 1.165) is 16.6 Å². The molecule has 0 spiro atoms. The fourth-order valence-electron chi connectivity index (χ4n) is 3.57. The SMILES string of the molecule is CCOCCn1c(=O)c(C=O)cc2ccc(NC3CCCCC3)cc21. The molecule has 0 amide bonds. The van der Waals surface area contributed by atoms with Crippen LogP contribution in [0, 0.1) is 0 Å². The number of carbonyl (C=O) groups is 1. The maximum atomic E-state index is 12.6. The van der Waals surface area contributed by atoms with Crippen LogP contribution in [0.4, 0.5) is 5.69 Å². The molecule has 5 nitrogen and oxygen atoms in total. The normalized spacial score (nSPS) is 15.4. The highest BCUT2D eigenvalue weighted by Crippen LogP contribution is 2.24. The second-order valence-electron chi connectivity index (χ2n) is 6.62. The number of rotatable bonds is 7. The molecule has 0 radical (unpaired) electrons. The molecule has 0 bridgehead atoms. The minimum absolute atomic E-state index is 0.192. The molecular formula is C20H26N2O3. The van der Waals surface area contributed by atoms with Gasteiger partial charge in [-0.15, -0.1) is 0 Å². The van der Waals surface area contributed by atoms with Crippen LogP contribution >= 0.6 is 0 Å². The lowest BCUT2D eigenvalue weighted by Gasteiger charge is -2.24. The molecule has 5 heteroatoms. The third-order valence-electron chi connectivity index (χ3n) is 4.89. The average molecular weight is 342 g/mol. The van der Waals surface area contributed by atoms with Gasteiger partial charge >= 0.3 is 0 Å². The van der Waals surface area contributed by atoms with Gasteiger partial charge < -0.3 is 14.6 Å². The van der Waals surface area contributed by atoms with E-state index in [2.05, 4.69) is 5.32 Å². The summed E-state index contributed by atoms with van der Waals surface area (Å²) in [5, 5.41) is 4.50. The number of benzene rings is 1. The molecule has 25 heavy (non-hydrogen) atoms. The fraction of sp³-hybridized carbons (Fsp3) is 0.500. The molecule has 0 aliphatic heterocycles. The van der Waals surface area contributed by atoms with Crippen molar-refractivity contribution in [2.45, 2.75) is 51.6 Å². The van der Waals surface area contributed by atoms with Crippen LogP contribution in [-0.4, -0.2) is 30.1 Å². The van der Waals surface area contributed by atoms with Crippen LogP contribution in [0.2, 0.25) is 0 Å². The third-order valence-corrected chi connectivity index (χ3v) is 4.89. The van der Waals surface area contributed by atoms with Gasteiger partial charge in [-0.25, -0.2) is 0 Å². The summed E-state index contributed by atoms with van der Waals surface area (Å²) in [4.78, 5) is 23.8. The Morgan fingerprint density at radius 2 is 2.04 bits per heavy atom. The lowest BCUT2D eigenvalue weighted by molar-refractivity contribution is 0.112. The second-order valence-corrected chi connectivity index (χ2v) is 6.62. The van der Waals surface area contributed by atoms with Gasteiger partial charge in [0.15, 0.2) is 6.29 Å². The van der Waals surface area contributed by atoms with Gasteiger partial charge in [0.1, 0.15) is 0 Å². The van der Waals surface area contributed by atoms with Crippen LogP contribution in [0.25, 0.3) is 10.9 Å². The Morgan fingerprint density at radius 3 is 2.76 bits per heavy atom. The first-order valence-electron chi connectivity index (χ1n) is 9.20. The second kappa shape index (κ2) is 8.30. The van der Waals surface area contributed by atoms with Crippen molar-refractivity contribution in [3.05, 3.63) is 40.2 Å². The Labute approximate surface area is 148 Å². The number of nitrogens with one attached hydrogen (secondary N) is 1. The van der Waals surface area contributed by atoms with Crippen molar-refractivity contribution < 1.29 is 9.53 Å². The van der Waals surface area contributed by atoms with Gasteiger partial charge in [-0.2, -0.15) is 0 Å². The van der Waals surface area contributed by atoms with Crippen LogP contribution in [0.15, 0.2) is 29.1 Å². The monoisotopic (exact) mass is 342 g/mol. The van der Waals surface area contributed by atoms with E-state index < -0.39 is 0 Å². The van der Waals surface area contributed by atoms with Crippen LogP contribution in [0.1, 0.15) is 49.4 Å². The summed E-state index contributed by atoms with van der Waals surface area (Å²) in [7, 11) is 0. The molecule has 1 N–H and O–H groups in total. The summed E-state index contributed by atoms with van der Waals surface area (Å²) in [6.45, 7) is 3.43. The first-order valence-corrected chi connectivity index (χ1v) is 9.20. The molecule has 2 aromatic rings. The number of nitrogens with zero attached hydrogens (tertiary/aromatic N) is 1. The molecule has 1 aliphatic carbocycles. The first kappa shape index (κ1) is 17.7. The molecule has 1 aromatic heterocycles. The molecule has 0 unspecified atom stereocenters.